The van der Waals surface area contributed by atoms with Gasteiger partial charge in [0.25, 0.3) is 5.79 Å². The normalized spacial score (nSPS) is 15.6. The monoisotopic (exact) mass is 389 g/mol. The second kappa shape index (κ2) is 8.19. The van der Waals surface area contributed by atoms with Crippen LogP contribution >= 0.6 is 0 Å². The first kappa shape index (κ1) is 22.8. The second-order valence-electron chi connectivity index (χ2n) is 7.77. The van der Waals surface area contributed by atoms with Crippen molar-refractivity contribution in [3.05, 3.63) is 35.9 Å². The minimum atomic E-state index is -3.51. The van der Waals surface area contributed by atoms with E-state index in [0.717, 1.165) is 13.8 Å². The maximum Gasteiger partial charge on any atom is 0.410 e. The summed E-state index contributed by atoms with van der Waals surface area (Å²) in [6.45, 7) is 7.66. The molecule has 0 aliphatic carbocycles. The fourth-order valence-electron chi connectivity index (χ4n) is 2.10. The zero-order valence-corrected chi connectivity index (χ0v) is 16.3. The first-order chi connectivity index (χ1) is 12.2. The molecule has 1 aromatic rings. The number of carbonyl (C=O) groups is 2. The van der Waals surface area contributed by atoms with Crippen LogP contribution in [0.5, 0.6) is 0 Å². The Labute approximate surface area is 157 Å². The van der Waals surface area contributed by atoms with Gasteiger partial charge in [-0.1, -0.05) is 30.3 Å². The predicted octanol–water partition coefficient (Wildman–Crippen LogP) is 4.77. The molecule has 0 aromatic heterocycles. The Bertz CT molecular complexity index is 659. The van der Waals surface area contributed by atoms with E-state index < -0.39 is 41.4 Å². The molecule has 0 bridgehead atoms. The lowest BCUT2D eigenvalue weighted by molar-refractivity contribution is -0.187. The first-order valence-corrected chi connectivity index (χ1v) is 8.45. The highest BCUT2D eigenvalue weighted by atomic mass is 19.3. The number of alkyl carbamates (subject to hydrolysis) is 1. The van der Waals surface area contributed by atoms with Crippen LogP contribution in [-0.4, -0.2) is 29.9 Å². The molecule has 0 heterocycles. The van der Waals surface area contributed by atoms with Crippen molar-refractivity contribution in [2.45, 2.75) is 65.5 Å². The van der Waals surface area contributed by atoms with Gasteiger partial charge in [-0.3, -0.25) is 5.32 Å². The fraction of sp³-hybridized carbons (Fsp3) is 0.579. The van der Waals surface area contributed by atoms with Gasteiger partial charge in [0, 0.05) is 0 Å². The minimum absolute atomic E-state index is 0.542. The smallest absolute Gasteiger partial charge is 0.410 e. The van der Waals surface area contributed by atoms with Crippen LogP contribution in [0.25, 0.3) is 0 Å². The van der Waals surface area contributed by atoms with Crippen LogP contribution in [0.2, 0.25) is 0 Å². The summed E-state index contributed by atoms with van der Waals surface area (Å²) in [5, 5.41) is 1.65. The molecule has 0 saturated heterocycles. The molecule has 1 aromatic carbocycles. The lowest BCUT2D eigenvalue weighted by Gasteiger charge is -2.38. The van der Waals surface area contributed by atoms with Crippen molar-refractivity contribution >= 4 is 12.1 Å². The number of hydrogen-bond acceptors (Lipinski definition) is 4. The van der Waals surface area contributed by atoms with E-state index in [1.807, 2.05) is 0 Å². The highest BCUT2D eigenvalue weighted by molar-refractivity contribution is 5.85. The van der Waals surface area contributed by atoms with Gasteiger partial charge in [0.15, 0.2) is 0 Å². The van der Waals surface area contributed by atoms with Gasteiger partial charge in [0.05, 0.1) is 5.41 Å². The number of rotatable bonds is 6. The minimum Gasteiger partial charge on any atom is -0.454 e. The Balaban J connectivity index is 3.13. The maximum atomic E-state index is 15.5. The van der Waals surface area contributed by atoms with E-state index in [-0.39, 0.29) is 0 Å². The van der Waals surface area contributed by atoms with Crippen molar-refractivity contribution in [1.82, 2.24) is 5.32 Å². The van der Waals surface area contributed by atoms with Crippen LogP contribution < -0.4 is 5.32 Å². The number of halogens is 3. The molecule has 0 fully saturated rings. The van der Waals surface area contributed by atoms with Gasteiger partial charge in [-0.25, -0.2) is 22.8 Å². The van der Waals surface area contributed by atoms with Gasteiger partial charge in [-0.2, -0.15) is 0 Å². The molecule has 5 nitrogen and oxygen atoms in total. The third kappa shape index (κ3) is 5.61. The molecule has 2 unspecified atom stereocenters. The molecule has 1 N–H and O–H groups in total. The highest BCUT2D eigenvalue weighted by Crippen LogP contribution is 2.40. The zero-order chi connectivity index (χ0) is 21.0. The Morgan fingerprint density at radius 2 is 1.56 bits per heavy atom. The van der Waals surface area contributed by atoms with E-state index in [9.17, 15) is 18.4 Å². The lowest BCUT2D eigenvalue weighted by Crippen LogP contribution is -2.63. The summed E-state index contributed by atoms with van der Waals surface area (Å²) in [6.07, 6.45) is -5.53. The number of hydrogen-bond donors (Lipinski definition) is 1. The van der Waals surface area contributed by atoms with Crippen molar-refractivity contribution in [2.24, 2.45) is 5.41 Å². The summed E-state index contributed by atoms with van der Waals surface area (Å²) in [4.78, 5) is 24.5. The molecule has 0 aliphatic heterocycles. The van der Waals surface area contributed by atoms with E-state index in [2.05, 4.69) is 0 Å². The van der Waals surface area contributed by atoms with Crippen LogP contribution in [0, 0.1) is 5.41 Å². The summed E-state index contributed by atoms with van der Waals surface area (Å²) >= 11 is 0. The number of alkyl halides is 3. The molecule has 0 aliphatic rings. The zero-order valence-electron chi connectivity index (χ0n) is 16.3. The maximum absolute atomic E-state index is 15.5. The average Bonchev–Trinajstić information content (AvgIpc) is 2.53. The van der Waals surface area contributed by atoms with Crippen molar-refractivity contribution < 1.29 is 32.2 Å². The molecule has 1 amide bonds. The molecule has 1 rings (SSSR count). The first-order valence-electron chi connectivity index (χ1n) is 8.45. The number of esters is 1. The Morgan fingerprint density at radius 3 is 2.00 bits per heavy atom. The molecule has 8 heteroatoms. The molecule has 0 radical (unpaired) electrons. The third-order valence-electron chi connectivity index (χ3n) is 3.94. The molecule has 152 valence electrons. The predicted molar refractivity (Wildman–Crippen MR) is 93.9 cm³/mol. The van der Waals surface area contributed by atoms with Crippen molar-refractivity contribution in [2.75, 3.05) is 0 Å². The molecule has 0 spiro atoms. The number of amides is 1. The van der Waals surface area contributed by atoms with Crippen LogP contribution in [0.15, 0.2) is 30.3 Å². The summed E-state index contributed by atoms with van der Waals surface area (Å²) in [6, 6.07) is 8.38. The lowest BCUT2D eigenvalue weighted by atomic mass is 9.82. The molecule has 27 heavy (non-hydrogen) atoms. The van der Waals surface area contributed by atoms with Gasteiger partial charge >= 0.3 is 12.1 Å². The second-order valence-corrected chi connectivity index (χ2v) is 7.77. The van der Waals surface area contributed by atoms with Gasteiger partial charge in [0.1, 0.15) is 11.7 Å². The van der Waals surface area contributed by atoms with E-state index in [0.29, 0.717) is 5.56 Å². The van der Waals surface area contributed by atoms with Crippen molar-refractivity contribution in [3.63, 3.8) is 0 Å². The van der Waals surface area contributed by atoms with E-state index >= 15 is 4.39 Å². The van der Waals surface area contributed by atoms with Gasteiger partial charge < -0.3 is 9.47 Å². The average molecular weight is 389 g/mol. The number of carbonyl (C=O) groups excluding carboxylic acids is 2. The topological polar surface area (TPSA) is 64.6 Å². The Kier molecular flexibility index (Phi) is 6.91. The summed E-state index contributed by atoms with van der Waals surface area (Å²) in [7, 11) is 0. The van der Waals surface area contributed by atoms with Crippen LogP contribution in [0.4, 0.5) is 18.0 Å². The van der Waals surface area contributed by atoms with E-state index in [1.54, 1.807) is 35.6 Å². The number of benzene rings is 1. The molecular formula is C19H26F3NO4. The highest BCUT2D eigenvalue weighted by Gasteiger charge is 2.60. The third-order valence-corrected chi connectivity index (χ3v) is 3.94. The number of ether oxygens (including phenoxy) is 2. The van der Waals surface area contributed by atoms with Crippen LogP contribution in [0.1, 0.15) is 53.2 Å². The van der Waals surface area contributed by atoms with Crippen LogP contribution in [0.3, 0.4) is 0 Å². The van der Waals surface area contributed by atoms with Gasteiger partial charge in [-0.05, 0) is 47.1 Å². The molecular weight excluding hydrogens is 363 g/mol. The summed E-state index contributed by atoms with van der Waals surface area (Å²) in [5.74, 6) is -5.14. The van der Waals surface area contributed by atoms with E-state index in [4.69, 9.17) is 9.47 Å². The number of nitrogens with one attached hydrogen (secondary N) is 1. The van der Waals surface area contributed by atoms with Crippen molar-refractivity contribution in [3.8, 4) is 0 Å². The quantitative estimate of drug-likeness (QED) is 0.562. The van der Waals surface area contributed by atoms with Crippen molar-refractivity contribution in [1.29, 1.82) is 0 Å². The Hall–Kier alpha value is -2.25. The van der Waals surface area contributed by atoms with E-state index in [1.165, 1.54) is 27.7 Å². The molecule has 2 atom stereocenters. The fourth-order valence-corrected chi connectivity index (χ4v) is 2.10. The summed E-state index contributed by atoms with van der Waals surface area (Å²) < 4.78 is 52.5. The van der Waals surface area contributed by atoms with Crippen LogP contribution in [-0.2, 0) is 14.3 Å². The van der Waals surface area contributed by atoms with Gasteiger partial charge in [-0.15, -0.1) is 0 Å². The standard InChI is InChI=1S/C19H26F3NO4/c1-12(13-10-8-7-9-11-13)26-15(24)19(22,18(5,6)14(20)21)23-16(25)27-17(2,3)4/h7-12,14H,1-6H3,(H,23,25). The van der Waals surface area contributed by atoms with Gasteiger partial charge in [0.2, 0.25) is 6.43 Å². The summed E-state index contributed by atoms with van der Waals surface area (Å²) in [5.41, 5.74) is -3.04. The molecule has 0 saturated carbocycles. The largest absolute Gasteiger partial charge is 0.454 e. The Morgan fingerprint density at radius 1 is 1.04 bits per heavy atom. The SMILES string of the molecule is CC(OC(=O)C(F)(NC(=O)OC(C)(C)C)C(C)(C)C(F)F)c1ccccc1.